The number of rotatable bonds is 2. The first-order chi connectivity index (χ1) is 10.1. The summed E-state index contributed by atoms with van der Waals surface area (Å²) in [6.45, 7) is 0. The van der Waals surface area contributed by atoms with Crippen molar-refractivity contribution in [2.24, 2.45) is 5.73 Å². The third-order valence-corrected chi connectivity index (χ3v) is 2.87. The van der Waals surface area contributed by atoms with E-state index in [9.17, 15) is 26.3 Å². The summed E-state index contributed by atoms with van der Waals surface area (Å²) in [5.74, 6) is 0. The van der Waals surface area contributed by atoms with Crippen molar-refractivity contribution in [2.75, 3.05) is 0 Å². The molecule has 0 saturated carbocycles. The van der Waals surface area contributed by atoms with Crippen LogP contribution in [-0.4, -0.2) is 9.97 Å². The van der Waals surface area contributed by atoms with Gasteiger partial charge in [-0.25, -0.2) is 0 Å². The van der Waals surface area contributed by atoms with Gasteiger partial charge in [-0.2, -0.15) is 26.3 Å². The van der Waals surface area contributed by atoms with E-state index in [2.05, 4.69) is 9.97 Å². The van der Waals surface area contributed by atoms with Crippen molar-refractivity contribution in [1.82, 2.24) is 9.97 Å². The smallest absolute Gasteiger partial charge is 0.319 e. The number of pyridine rings is 2. The molecule has 0 fully saturated rings. The number of hydrogen-bond donors (Lipinski definition) is 1. The van der Waals surface area contributed by atoms with E-state index in [1.54, 1.807) is 0 Å². The molecule has 0 radical (unpaired) electrons. The Morgan fingerprint density at radius 1 is 0.909 bits per heavy atom. The fourth-order valence-corrected chi connectivity index (χ4v) is 1.82. The highest BCUT2D eigenvalue weighted by Crippen LogP contribution is 2.35. The summed E-state index contributed by atoms with van der Waals surface area (Å²) in [7, 11) is 0. The lowest BCUT2D eigenvalue weighted by Crippen LogP contribution is -2.20. The zero-order valence-electron chi connectivity index (χ0n) is 10.8. The Balaban J connectivity index is 2.39. The molecule has 2 heterocycles. The molecule has 0 saturated heterocycles. The Morgan fingerprint density at radius 3 is 2.09 bits per heavy atom. The zero-order chi connectivity index (χ0) is 16.5. The Kier molecular flexibility index (Phi) is 4.10. The largest absolute Gasteiger partial charge is 0.433 e. The molecule has 0 bridgehead atoms. The van der Waals surface area contributed by atoms with Gasteiger partial charge in [0.2, 0.25) is 0 Å². The quantitative estimate of drug-likeness (QED) is 0.861. The predicted molar refractivity (Wildman–Crippen MR) is 64.5 cm³/mol. The van der Waals surface area contributed by atoms with Crippen LogP contribution in [0, 0.1) is 0 Å². The average Bonchev–Trinajstić information content (AvgIpc) is 2.45. The van der Waals surface area contributed by atoms with Crippen molar-refractivity contribution in [3.63, 3.8) is 0 Å². The molecule has 0 aliphatic carbocycles. The van der Waals surface area contributed by atoms with Gasteiger partial charge in [-0.05, 0) is 23.8 Å². The molecule has 0 aliphatic heterocycles. The minimum Gasteiger partial charge on any atom is -0.319 e. The third-order valence-electron chi connectivity index (χ3n) is 2.87. The summed E-state index contributed by atoms with van der Waals surface area (Å²) in [6.07, 6.45) is -7.38. The second-order valence-electron chi connectivity index (χ2n) is 4.39. The molecule has 2 aromatic heterocycles. The fourth-order valence-electron chi connectivity index (χ4n) is 1.82. The Labute approximate surface area is 120 Å². The van der Waals surface area contributed by atoms with E-state index in [1.165, 1.54) is 0 Å². The first kappa shape index (κ1) is 16.2. The first-order valence-electron chi connectivity index (χ1n) is 5.91. The monoisotopic (exact) mass is 321 g/mol. The topological polar surface area (TPSA) is 51.8 Å². The number of alkyl halides is 6. The molecule has 2 aromatic rings. The fraction of sp³-hybridized carbons (Fsp3) is 0.231. The molecule has 2 N–H and O–H groups in total. The maximum atomic E-state index is 12.9. The third kappa shape index (κ3) is 3.35. The summed E-state index contributed by atoms with van der Waals surface area (Å²) in [4.78, 5) is 6.77. The van der Waals surface area contributed by atoms with Crippen molar-refractivity contribution in [3.8, 4) is 0 Å². The molecule has 118 valence electrons. The van der Waals surface area contributed by atoms with Crippen molar-refractivity contribution >= 4 is 0 Å². The molecular weight excluding hydrogens is 312 g/mol. The minimum absolute atomic E-state index is 0.00259. The number of halogens is 6. The summed E-state index contributed by atoms with van der Waals surface area (Å²) in [5.41, 5.74) is 3.02. The summed E-state index contributed by atoms with van der Waals surface area (Å²) in [6, 6.07) is 2.21. The van der Waals surface area contributed by atoms with E-state index in [1.807, 2.05) is 0 Å². The maximum absolute atomic E-state index is 12.9. The van der Waals surface area contributed by atoms with Crippen LogP contribution in [0.5, 0.6) is 0 Å². The van der Waals surface area contributed by atoms with Gasteiger partial charge >= 0.3 is 12.4 Å². The zero-order valence-corrected chi connectivity index (χ0v) is 10.8. The molecule has 0 amide bonds. The van der Waals surface area contributed by atoms with Gasteiger partial charge in [-0.1, -0.05) is 6.07 Å². The lowest BCUT2D eigenvalue weighted by Gasteiger charge is -2.17. The van der Waals surface area contributed by atoms with Gasteiger partial charge in [-0.3, -0.25) is 9.97 Å². The molecule has 0 aliphatic rings. The Bertz CT molecular complexity index is 648. The van der Waals surface area contributed by atoms with Crippen LogP contribution in [0.1, 0.15) is 28.6 Å². The van der Waals surface area contributed by atoms with Crippen LogP contribution in [0.25, 0.3) is 0 Å². The standard InChI is InChI=1S/C13H9F6N3/c14-12(15,16)8-2-1-5-21-11(8)10(20)7-3-4-9(22-6-7)13(17,18)19/h1-6,10H,20H2/t10-/m1/s1. The lowest BCUT2D eigenvalue weighted by atomic mass is 10.0. The van der Waals surface area contributed by atoms with Crippen LogP contribution < -0.4 is 5.73 Å². The van der Waals surface area contributed by atoms with Crippen LogP contribution in [0.15, 0.2) is 36.7 Å². The molecule has 9 heteroatoms. The molecule has 0 aromatic carbocycles. The van der Waals surface area contributed by atoms with Gasteiger partial charge in [0.25, 0.3) is 0 Å². The van der Waals surface area contributed by atoms with Crippen LogP contribution >= 0.6 is 0 Å². The van der Waals surface area contributed by atoms with E-state index >= 15 is 0 Å². The first-order valence-corrected chi connectivity index (χ1v) is 5.91. The number of nitrogens with two attached hydrogens (primary N) is 1. The van der Waals surface area contributed by atoms with E-state index in [0.717, 1.165) is 30.6 Å². The molecule has 0 spiro atoms. The van der Waals surface area contributed by atoms with Gasteiger partial charge in [0.1, 0.15) is 5.69 Å². The van der Waals surface area contributed by atoms with Gasteiger partial charge in [0, 0.05) is 12.4 Å². The van der Waals surface area contributed by atoms with E-state index in [4.69, 9.17) is 5.73 Å². The van der Waals surface area contributed by atoms with E-state index < -0.39 is 35.3 Å². The normalized spacial score (nSPS) is 14.0. The minimum atomic E-state index is -4.67. The van der Waals surface area contributed by atoms with E-state index in [0.29, 0.717) is 6.07 Å². The van der Waals surface area contributed by atoms with Gasteiger partial charge < -0.3 is 5.73 Å². The van der Waals surface area contributed by atoms with Crippen molar-refractivity contribution in [2.45, 2.75) is 18.4 Å². The molecule has 3 nitrogen and oxygen atoms in total. The molecule has 1 atom stereocenters. The number of aromatic nitrogens is 2. The van der Waals surface area contributed by atoms with Gasteiger partial charge in [0.15, 0.2) is 0 Å². The highest BCUT2D eigenvalue weighted by Gasteiger charge is 2.36. The maximum Gasteiger partial charge on any atom is 0.433 e. The van der Waals surface area contributed by atoms with Crippen LogP contribution in [0.4, 0.5) is 26.3 Å². The SMILES string of the molecule is N[C@H](c1ccc(C(F)(F)F)nc1)c1ncccc1C(F)(F)F. The highest BCUT2D eigenvalue weighted by atomic mass is 19.4. The Hall–Kier alpha value is -2.16. The molecular formula is C13H9F6N3. The van der Waals surface area contributed by atoms with Crippen LogP contribution in [0.3, 0.4) is 0 Å². The number of nitrogens with zero attached hydrogens (tertiary/aromatic N) is 2. The average molecular weight is 321 g/mol. The van der Waals surface area contributed by atoms with Gasteiger partial charge in [-0.15, -0.1) is 0 Å². The number of hydrogen-bond acceptors (Lipinski definition) is 3. The van der Waals surface area contributed by atoms with E-state index in [-0.39, 0.29) is 5.56 Å². The predicted octanol–water partition coefficient (Wildman–Crippen LogP) is 3.56. The lowest BCUT2D eigenvalue weighted by molar-refractivity contribution is -0.141. The van der Waals surface area contributed by atoms with Crippen molar-refractivity contribution in [1.29, 1.82) is 0 Å². The van der Waals surface area contributed by atoms with Crippen LogP contribution in [0.2, 0.25) is 0 Å². The Morgan fingerprint density at radius 2 is 1.59 bits per heavy atom. The summed E-state index contributed by atoms with van der Waals surface area (Å²) < 4.78 is 75.9. The van der Waals surface area contributed by atoms with Crippen molar-refractivity contribution < 1.29 is 26.3 Å². The summed E-state index contributed by atoms with van der Waals surface area (Å²) in [5, 5.41) is 0. The highest BCUT2D eigenvalue weighted by molar-refractivity contribution is 5.33. The molecule has 0 unspecified atom stereocenters. The summed E-state index contributed by atoms with van der Waals surface area (Å²) >= 11 is 0. The molecule has 2 rings (SSSR count). The van der Waals surface area contributed by atoms with Gasteiger partial charge in [0.05, 0.1) is 17.3 Å². The second kappa shape index (κ2) is 5.56. The molecule has 22 heavy (non-hydrogen) atoms. The second-order valence-corrected chi connectivity index (χ2v) is 4.39. The van der Waals surface area contributed by atoms with Crippen molar-refractivity contribution in [3.05, 3.63) is 59.2 Å². The van der Waals surface area contributed by atoms with Crippen LogP contribution in [-0.2, 0) is 12.4 Å².